The van der Waals surface area contributed by atoms with Gasteiger partial charge in [0.15, 0.2) is 0 Å². The van der Waals surface area contributed by atoms with Gasteiger partial charge in [-0.1, -0.05) is 75.3 Å². The van der Waals surface area contributed by atoms with E-state index in [-0.39, 0.29) is 0 Å². The Morgan fingerprint density at radius 2 is 1.67 bits per heavy atom. The molecular formula is C15H27NS2. The summed E-state index contributed by atoms with van der Waals surface area (Å²) >= 11 is 0. The molecule has 0 unspecified atom stereocenters. The van der Waals surface area contributed by atoms with E-state index in [1.165, 1.54) is 57.1 Å². The van der Waals surface area contributed by atoms with Crippen molar-refractivity contribution < 1.29 is 0 Å². The van der Waals surface area contributed by atoms with Crippen LogP contribution in [-0.2, 0) is 0 Å². The van der Waals surface area contributed by atoms with E-state index in [0.717, 1.165) is 5.03 Å². The average Bonchev–Trinajstić information content (AvgIpc) is 2.39. The monoisotopic (exact) mass is 285 g/mol. The first-order valence-electron chi connectivity index (χ1n) is 6.94. The van der Waals surface area contributed by atoms with Crippen molar-refractivity contribution in [3.63, 3.8) is 0 Å². The van der Waals surface area contributed by atoms with Crippen molar-refractivity contribution in [1.82, 2.24) is 0 Å². The Labute approximate surface area is 121 Å². The van der Waals surface area contributed by atoms with Crippen molar-refractivity contribution in [2.75, 3.05) is 5.75 Å². The zero-order valence-corrected chi connectivity index (χ0v) is 13.3. The number of unbranched alkanes of at least 4 members (excludes halogenated alkanes) is 7. The van der Waals surface area contributed by atoms with Gasteiger partial charge in [0.1, 0.15) is 5.03 Å². The normalized spacial score (nSPS) is 11.5. The number of hydrogen-bond acceptors (Lipinski definition) is 3. The molecule has 0 atom stereocenters. The number of hydrogen-bond donors (Lipinski definition) is 0. The third-order valence-electron chi connectivity index (χ3n) is 2.64. The summed E-state index contributed by atoms with van der Waals surface area (Å²) in [5.74, 6) is 1.20. The summed E-state index contributed by atoms with van der Waals surface area (Å²) < 4.78 is 0. The van der Waals surface area contributed by atoms with Gasteiger partial charge in [-0.05, 0) is 30.0 Å². The van der Waals surface area contributed by atoms with E-state index in [1.807, 2.05) is 16.9 Å². The second-order valence-electron chi connectivity index (χ2n) is 4.28. The lowest BCUT2D eigenvalue weighted by Gasteiger charge is -2.02. The highest BCUT2D eigenvalue weighted by Crippen LogP contribution is 2.31. The van der Waals surface area contributed by atoms with E-state index in [9.17, 15) is 0 Å². The maximum atomic E-state index is 3.94. The first kappa shape index (κ1) is 17.8. The molecule has 0 spiro atoms. The minimum atomic E-state index is 0.953. The van der Waals surface area contributed by atoms with Crippen LogP contribution in [0, 0.1) is 0 Å². The van der Waals surface area contributed by atoms with E-state index in [1.54, 1.807) is 16.9 Å². The van der Waals surface area contributed by atoms with Crippen LogP contribution in [0.1, 0.15) is 58.3 Å². The van der Waals surface area contributed by atoms with Crippen molar-refractivity contribution >= 4 is 28.3 Å². The molecule has 0 rings (SSSR count). The third kappa shape index (κ3) is 12.3. The van der Waals surface area contributed by atoms with E-state index in [4.69, 9.17) is 0 Å². The van der Waals surface area contributed by atoms with Crippen molar-refractivity contribution in [2.24, 2.45) is 4.99 Å². The summed E-state index contributed by atoms with van der Waals surface area (Å²) in [7, 11) is 3.56. The van der Waals surface area contributed by atoms with Gasteiger partial charge >= 0.3 is 0 Å². The highest BCUT2D eigenvalue weighted by Gasteiger charge is 1.95. The first-order valence-corrected chi connectivity index (χ1v) is 9.26. The molecule has 0 amide bonds. The standard InChI is InChI=1S/C15H27NS2/c1-4-6-7-8-9-10-11-12-14-17-18-15(16-3)13-5-2/h5,13H,2-4,6-12,14H2,1H3/b15-13+. The number of allylic oxidation sites excluding steroid dienone is 2. The third-order valence-corrected chi connectivity index (χ3v) is 5.02. The van der Waals surface area contributed by atoms with E-state index in [0.29, 0.717) is 0 Å². The van der Waals surface area contributed by atoms with Gasteiger partial charge in [0.25, 0.3) is 0 Å². The lowest BCUT2D eigenvalue weighted by molar-refractivity contribution is 0.586. The maximum absolute atomic E-state index is 3.94. The molecule has 0 saturated heterocycles. The SMILES string of the molecule is C=C/C=C(\N=C)SSCCCCCCCCCC. The van der Waals surface area contributed by atoms with Crippen molar-refractivity contribution in [3.05, 3.63) is 23.8 Å². The average molecular weight is 286 g/mol. The fourth-order valence-electron chi connectivity index (χ4n) is 1.60. The fraction of sp³-hybridized carbons (Fsp3) is 0.667. The van der Waals surface area contributed by atoms with Crippen LogP contribution in [0.2, 0.25) is 0 Å². The molecule has 0 aromatic heterocycles. The largest absolute Gasteiger partial charge is 0.257 e. The van der Waals surface area contributed by atoms with Crippen LogP contribution >= 0.6 is 21.6 Å². The molecule has 0 N–H and O–H groups in total. The van der Waals surface area contributed by atoms with Gasteiger partial charge in [-0.15, -0.1) is 0 Å². The second kappa shape index (κ2) is 14.9. The van der Waals surface area contributed by atoms with Gasteiger partial charge < -0.3 is 0 Å². The fourth-order valence-corrected chi connectivity index (χ4v) is 3.63. The molecule has 0 fully saturated rings. The molecule has 0 aliphatic heterocycles. The summed E-state index contributed by atoms with van der Waals surface area (Å²) in [6.45, 7) is 9.47. The number of aliphatic imine (C=N–C) groups is 1. The van der Waals surface area contributed by atoms with E-state index in [2.05, 4.69) is 25.2 Å². The van der Waals surface area contributed by atoms with Crippen LogP contribution < -0.4 is 0 Å². The maximum Gasteiger partial charge on any atom is 0.106 e. The van der Waals surface area contributed by atoms with Crippen molar-refractivity contribution in [1.29, 1.82) is 0 Å². The second-order valence-corrected chi connectivity index (χ2v) is 6.71. The molecule has 0 aromatic rings. The highest BCUT2D eigenvalue weighted by molar-refractivity contribution is 8.78. The predicted molar refractivity (Wildman–Crippen MR) is 90.5 cm³/mol. The van der Waals surface area contributed by atoms with E-state index < -0.39 is 0 Å². The smallest absolute Gasteiger partial charge is 0.106 e. The van der Waals surface area contributed by atoms with Crippen LogP contribution in [0.4, 0.5) is 0 Å². The van der Waals surface area contributed by atoms with Crippen molar-refractivity contribution in [3.8, 4) is 0 Å². The quantitative estimate of drug-likeness (QED) is 0.172. The lowest BCUT2D eigenvalue weighted by Crippen LogP contribution is -1.82. The Hall–Kier alpha value is -0.150. The molecule has 0 radical (unpaired) electrons. The molecular weight excluding hydrogens is 258 g/mol. The molecule has 3 heteroatoms. The molecule has 18 heavy (non-hydrogen) atoms. The van der Waals surface area contributed by atoms with Gasteiger partial charge in [-0.2, -0.15) is 0 Å². The van der Waals surface area contributed by atoms with E-state index >= 15 is 0 Å². The lowest BCUT2D eigenvalue weighted by atomic mass is 10.1. The Bertz CT molecular complexity index is 237. The minimum Gasteiger partial charge on any atom is -0.257 e. The summed E-state index contributed by atoms with van der Waals surface area (Å²) in [5.41, 5.74) is 0. The van der Waals surface area contributed by atoms with Crippen LogP contribution in [0.15, 0.2) is 28.8 Å². The number of nitrogens with zero attached hydrogens (tertiary/aromatic N) is 1. The topological polar surface area (TPSA) is 12.4 Å². The minimum absolute atomic E-state index is 0.953. The van der Waals surface area contributed by atoms with Crippen molar-refractivity contribution in [2.45, 2.75) is 58.3 Å². The number of rotatable bonds is 13. The summed E-state index contributed by atoms with van der Waals surface area (Å²) in [6.07, 6.45) is 14.7. The van der Waals surface area contributed by atoms with Gasteiger partial charge in [0.2, 0.25) is 0 Å². The molecule has 0 aliphatic rings. The van der Waals surface area contributed by atoms with Gasteiger partial charge in [0.05, 0.1) is 0 Å². The van der Waals surface area contributed by atoms with Gasteiger partial charge in [-0.3, -0.25) is 4.99 Å². The molecule has 1 nitrogen and oxygen atoms in total. The Balaban J connectivity index is 3.23. The Kier molecular flexibility index (Phi) is 14.8. The highest BCUT2D eigenvalue weighted by atomic mass is 33.1. The van der Waals surface area contributed by atoms with Crippen LogP contribution in [0.25, 0.3) is 0 Å². The van der Waals surface area contributed by atoms with Gasteiger partial charge in [-0.25, -0.2) is 0 Å². The zero-order valence-electron chi connectivity index (χ0n) is 11.7. The Morgan fingerprint density at radius 1 is 1.06 bits per heavy atom. The van der Waals surface area contributed by atoms with Crippen LogP contribution in [0.3, 0.4) is 0 Å². The van der Waals surface area contributed by atoms with Crippen LogP contribution in [0.5, 0.6) is 0 Å². The molecule has 0 aliphatic carbocycles. The molecule has 0 saturated carbocycles. The molecule has 0 aromatic carbocycles. The summed E-state index contributed by atoms with van der Waals surface area (Å²) in [5, 5.41) is 0.953. The first-order chi connectivity index (χ1) is 8.85. The summed E-state index contributed by atoms with van der Waals surface area (Å²) in [6, 6.07) is 0. The zero-order chi connectivity index (χ0) is 13.5. The van der Waals surface area contributed by atoms with Crippen LogP contribution in [-0.4, -0.2) is 12.5 Å². The van der Waals surface area contributed by atoms with Gasteiger partial charge in [0, 0.05) is 5.75 Å². The predicted octanol–water partition coefficient (Wildman–Crippen LogP) is 6.24. The molecule has 0 bridgehead atoms. The summed E-state index contributed by atoms with van der Waals surface area (Å²) in [4.78, 5) is 3.94. The molecule has 0 heterocycles. The molecule has 104 valence electrons. The Morgan fingerprint density at radius 3 is 2.22 bits per heavy atom.